The van der Waals surface area contributed by atoms with Crippen molar-refractivity contribution in [1.29, 1.82) is 0 Å². The Hall–Kier alpha value is -6.64. The molecule has 0 fully saturated rings. The molecular formula is C50H38N2. The molecule has 0 saturated carbocycles. The van der Waals surface area contributed by atoms with E-state index < -0.39 is 0 Å². The second kappa shape index (κ2) is 13.2. The standard InChI is InChI=1S/C50H38N2/c1-35-25-26-40(33-36(35)2)44-20-10-13-23-48(44)52-49-24-14-11-21-45(49)46-32-31-42(34-50(46)52)51(41-29-27-38(28-30-41)37-15-5-3-6-16-37)47-22-12-9-19-43(47)39-17-7-4-8-18-39/h3-34H,1-2H3. The average Bonchev–Trinajstić information content (AvgIpc) is 3.54. The van der Waals surface area contributed by atoms with E-state index in [9.17, 15) is 0 Å². The Labute approximate surface area is 305 Å². The summed E-state index contributed by atoms with van der Waals surface area (Å²) in [5.74, 6) is 0. The van der Waals surface area contributed by atoms with Gasteiger partial charge in [0.05, 0.1) is 22.4 Å². The zero-order valence-corrected chi connectivity index (χ0v) is 29.4. The van der Waals surface area contributed by atoms with Crippen LogP contribution in [0.5, 0.6) is 0 Å². The zero-order chi connectivity index (χ0) is 35.0. The molecule has 0 unspecified atom stereocenters. The molecule has 0 spiro atoms. The maximum absolute atomic E-state index is 2.46. The molecular weight excluding hydrogens is 629 g/mol. The number of aromatic nitrogens is 1. The minimum atomic E-state index is 1.09. The van der Waals surface area contributed by atoms with Gasteiger partial charge in [-0.05, 0) is 89.7 Å². The van der Waals surface area contributed by atoms with Gasteiger partial charge in [0.15, 0.2) is 0 Å². The summed E-state index contributed by atoms with van der Waals surface area (Å²) in [6.45, 7) is 4.37. The molecule has 1 aromatic heterocycles. The lowest BCUT2D eigenvalue weighted by Gasteiger charge is -2.28. The van der Waals surface area contributed by atoms with Crippen molar-refractivity contribution in [2.24, 2.45) is 0 Å². The van der Waals surface area contributed by atoms with Crippen LogP contribution in [0.1, 0.15) is 11.1 Å². The molecule has 52 heavy (non-hydrogen) atoms. The number of hydrogen-bond acceptors (Lipinski definition) is 1. The number of aryl methyl sites for hydroxylation is 2. The normalized spacial score (nSPS) is 11.3. The summed E-state index contributed by atoms with van der Waals surface area (Å²) in [6.07, 6.45) is 0. The van der Waals surface area contributed by atoms with E-state index in [1.165, 1.54) is 60.8 Å². The first-order valence-electron chi connectivity index (χ1n) is 17.9. The van der Waals surface area contributed by atoms with Crippen LogP contribution in [0.25, 0.3) is 60.9 Å². The van der Waals surface area contributed by atoms with Crippen molar-refractivity contribution in [2.75, 3.05) is 4.90 Å². The monoisotopic (exact) mass is 666 g/mol. The van der Waals surface area contributed by atoms with E-state index >= 15 is 0 Å². The fourth-order valence-electron chi connectivity index (χ4n) is 7.57. The highest BCUT2D eigenvalue weighted by molar-refractivity contribution is 6.11. The quantitative estimate of drug-likeness (QED) is 0.164. The molecule has 8 aromatic carbocycles. The predicted molar refractivity (Wildman–Crippen MR) is 221 cm³/mol. The van der Waals surface area contributed by atoms with Gasteiger partial charge in [0.1, 0.15) is 0 Å². The molecule has 9 rings (SSSR count). The highest BCUT2D eigenvalue weighted by Gasteiger charge is 2.21. The van der Waals surface area contributed by atoms with Crippen LogP contribution in [0.15, 0.2) is 194 Å². The van der Waals surface area contributed by atoms with Gasteiger partial charge in [-0.1, -0.05) is 152 Å². The number of rotatable bonds is 7. The van der Waals surface area contributed by atoms with Crippen LogP contribution in [0.4, 0.5) is 17.1 Å². The molecule has 0 aliphatic heterocycles. The van der Waals surface area contributed by atoms with E-state index in [4.69, 9.17) is 0 Å². The number of nitrogens with zero attached hydrogens (tertiary/aromatic N) is 2. The van der Waals surface area contributed by atoms with Crippen LogP contribution in [-0.2, 0) is 0 Å². The molecule has 1 heterocycles. The van der Waals surface area contributed by atoms with Crippen molar-refractivity contribution in [3.05, 3.63) is 205 Å². The molecule has 0 N–H and O–H groups in total. The van der Waals surface area contributed by atoms with Crippen LogP contribution in [0.2, 0.25) is 0 Å². The molecule has 2 nitrogen and oxygen atoms in total. The molecule has 0 radical (unpaired) electrons. The van der Waals surface area contributed by atoms with Gasteiger partial charge in [0.25, 0.3) is 0 Å². The lowest BCUT2D eigenvalue weighted by molar-refractivity contribution is 1.18. The van der Waals surface area contributed by atoms with Gasteiger partial charge in [0.2, 0.25) is 0 Å². The van der Waals surface area contributed by atoms with Crippen LogP contribution >= 0.6 is 0 Å². The van der Waals surface area contributed by atoms with Crippen LogP contribution < -0.4 is 4.90 Å². The Kier molecular flexibility index (Phi) is 7.98. The van der Waals surface area contributed by atoms with Crippen molar-refractivity contribution >= 4 is 38.9 Å². The smallest absolute Gasteiger partial charge is 0.0562 e. The first-order chi connectivity index (χ1) is 25.6. The van der Waals surface area contributed by atoms with Crippen LogP contribution in [0, 0.1) is 13.8 Å². The Balaban J connectivity index is 1.29. The molecule has 0 atom stereocenters. The molecule has 0 aliphatic rings. The van der Waals surface area contributed by atoms with Crippen LogP contribution in [0.3, 0.4) is 0 Å². The molecule has 0 saturated heterocycles. The first kappa shape index (κ1) is 31.3. The molecule has 0 bridgehead atoms. The van der Waals surface area contributed by atoms with E-state index in [2.05, 4.69) is 217 Å². The maximum atomic E-state index is 2.46. The molecule has 2 heteroatoms. The summed E-state index contributed by atoms with van der Waals surface area (Å²) in [4.78, 5) is 2.41. The van der Waals surface area contributed by atoms with Crippen molar-refractivity contribution < 1.29 is 0 Å². The van der Waals surface area contributed by atoms with Crippen LogP contribution in [-0.4, -0.2) is 4.57 Å². The second-order valence-electron chi connectivity index (χ2n) is 13.5. The lowest BCUT2D eigenvalue weighted by atomic mass is 9.99. The molecule has 9 aromatic rings. The Morgan fingerprint density at radius 3 is 1.71 bits per heavy atom. The first-order valence-corrected chi connectivity index (χ1v) is 17.9. The van der Waals surface area contributed by atoms with Gasteiger partial charge >= 0.3 is 0 Å². The van der Waals surface area contributed by atoms with E-state index in [1.54, 1.807) is 0 Å². The number of para-hydroxylation sites is 3. The number of fused-ring (bicyclic) bond motifs is 3. The number of hydrogen-bond donors (Lipinski definition) is 0. The zero-order valence-electron chi connectivity index (χ0n) is 29.4. The summed E-state index contributed by atoms with van der Waals surface area (Å²) >= 11 is 0. The summed E-state index contributed by atoms with van der Waals surface area (Å²) in [5.41, 5.74) is 16.6. The maximum Gasteiger partial charge on any atom is 0.0562 e. The Morgan fingerprint density at radius 2 is 0.942 bits per heavy atom. The number of anilines is 3. The molecule has 0 aliphatic carbocycles. The van der Waals surface area contributed by atoms with Crippen molar-refractivity contribution in [2.45, 2.75) is 13.8 Å². The van der Waals surface area contributed by atoms with Gasteiger partial charge in [-0.2, -0.15) is 0 Å². The highest BCUT2D eigenvalue weighted by atomic mass is 15.1. The minimum Gasteiger partial charge on any atom is -0.310 e. The average molecular weight is 667 g/mol. The van der Waals surface area contributed by atoms with Gasteiger partial charge < -0.3 is 9.47 Å². The minimum absolute atomic E-state index is 1.09. The summed E-state index contributed by atoms with van der Waals surface area (Å²) in [5, 5.41) is 2.47. The van der Waals surface area contributed by atoms with Crippen molar-refractivity contribution in [1.82, 2.24) is 4.57 Å². The van der Waals surface area contributed by atoms with Crippen molar-refractivity contribution in [3.63, 3.8) is 0 Å². The van der Waals surface area contributed by atoms with E-state index in [0.29, 0.717) is 0 Å². The van der Waals surface area contributed by atoms with E-state index in [0.717, 1.165) is 28.3 Å². The van der Waals surface area contributed by atoms with Crippen molar-refractivity contribution in [3.8, 4) is 39.1 Å². The second-order valence-corrected chi connectivity index (χ2v) is 13.5. The van der Waals surface area contributed by atoms with Gasteiger partial charge in [-0.15, -0.1) is 0 Å². The van der Waals surface area contributed by atoms with Gasteiger partial charge in [-0.3, -0.25) is 0 Å². The Bertz CT molecular complexity index is 2690. The Morgan fingerprint density at radius 1 is 0.365 bits per heavy atom. The fourth-order valence-corrected chi connectivity index (χ4v) is 7.57. The summed E-state index contributed by atoms with van der Waals surface area (Å²) < 4.78 is 2.46. The van der Waals surface area contributed by atoms with Gasteiger partial charge in [-0.25, -0.2) is 0 Å². The highest BCUT2D eigenvalue weighted by Crippen LogP contribution is 2.44. The third-order valence-corrected chi connectivity index (χ3v) is 10.3. The van der Waals surface area contributed by atoms with E-state index in [1.807, 2.05) is 0 Å². The summed E-state index contributed by atoms with van der Waals surface area (Å²) in [6, 6.07) is 70.3. The SMILES string of the molecule is Cc1ccc(-c2ccccc2-n2c3ccccc3c3ccc(N(c4ccc(-c5ccccc5)cc4)c4ccccc4-c4ccccc4)cc32)cc1C. The van der Waals surface area contributed by atoms with Gasteiger partial charge in [0, 0.05) is 33.3 Å². The molecule has 248 valence electrons. The lowest BCUT2D eigenvalue weighted by Crippen LogP contribution is -2.11. The number of benzene rings is 8. The fraction of sp³-hybridized carbons (Fsp3) is 0.0400. The third-order valence-electron chi connectivity index (χ3n) is 10.3. The largest absolute Gasteiger partial charge is 0.310 e. The van der Waals surface area contributed by atoms with E-state index in [-0.39, 0.29) is 0 Å². The third kappa shape index (κ3) is 5.55. The molecule has 0 amide bonds. The summed E-state index contributed by atoms with van der Waals surface area (Å²) in [7, 11) is 0. The predicted octanol–water partition coefficient (Wildman–Crippen LogP) is 13.9. The topological polar surface area (TPSA) is 8.17 Å².